The Kier molecular flexibility index (Phi) is 14.2. The van der Waals surface area contributed by atoms with E-state index < -0.39 is 0 Å². The van der Waals surface area contributed by atoms with Gasteiger partial charge in [0.2, 0.25) is 0 Å². The molecule has 0 atom stereocenters. The highest BCUT2D eigenvalue weighted by molar-refractivity contribution is 7.00. The lowest BCUT2D eigenvalue weighted by molar-refractivity contribution is 0.569. The third-order valence-corrected chi connectivity index (χ3v) is 21.3. The standard InChI is InChI=1S/C94H83BN4/c1-91(2,3)66-46-50-82(76(57-66)61-31-18-14-19-32-61)98-86-54-63(65-51-67(92(4,5)6)56-68(52-65)93(7,8)9)44-48-77(86)95-78-53-62(60-29-16-13-17-30-60)45-49-83(78)99(88-59-69(94(10,11)12)58-87(98)89(88)95)90-71(38-28-42-84(90)97-80-40-26-23-35-72(80)73-36-24-27-41-81(73)97)64-43-47-75-74-37-22-25-39-79(74)96(85(75)55-64)70-33-20-15-21-34-70/h13-59H,1-12H3. The molecule has 0 aliphatic carbocycles. The zero-order valence-electron chi connectivity index (χ0n) is 59.0. The molecule has 13 aromatic carbocycles. The van der Waals surface area contributed by atoms with Gasteiger partial charge in [-0.2, -0.15) is 0 Å². The Balaban J connectivity index is 1.03. The minimum Gasteiger partial charge on any atom is -0.311 e. The third kappa shape index (κ3) is 10.3. The molecule has 0 N–H and O–H groups in total. The van der Waals surface area contributed by atoms with E-state index in [1.165, 1.54) is 110 Å². The van der Waals surface area contributed by atoms with E-state index in [-0.39, 0.29) is 28.4 Å². The van der Waals surface area contributed by atoms with Gasteiger partial charge in [-0.1, -0.05) is 289 Å². The van der Waals surface area contributed by atoms with Crippen LogP contribution >= 0.6 is 0 Å². The van der Waals surface area contributed by atoms with E-state index in [1.807, 2.05) is 0 Å². The molecule has 2 aliphatic heterocycles. The van der Waals surface area contributed by atoms with Crippen molar-refractivity contribution in [1.82, 2.24) is 9.13 Å². The van der Waals surface area contributed by atoms with E-state index in [4.69, 9.17) is 0 Å². The van der Waals surface area contributed by atoms with Gasteiger partial charge >= 0.3 is 0 Å². The van der Waals surface area contributed by atoms with Gasteiger partial charge in [0.25, 0.3) is 6.71 Å². The van der Waals surface area contributed by atoms with Crippen LogP contribution in [0, 0.1) is 0 Å². The number of rotatable bonds is 8. The Morgan fingerprint density at radius 3 is 1.34 bits per heavy atom. The summed E-state index contributed by atoms with van der Waals surface area (Å²) in [5.41, 5.74) is 31.6. The van der Waals surface area contributed by atoms with Crippen LogP contribution in [0.3, 0.4) is 0 Å². The molecule has 0 bridgehead atoms. The topological polar surface area (TPSA) is 16.3 Å². The molecule has 0 amide bonds. The first-order valence-electron chi connectivity index (χ1n) is 35.3. The molecule has 482 valence electrons. The van der Waals surface area contributed by atoms with Gasteiger partial charge in [0.05, 0.1) is 39.1 Å². The normalized spacial score (nSPS) is 13.2. The Hall–Kier alpha value is -10.9. The van der Waals surface area contributed by atoms with E-state index in [0.29, 0.717) is 0 Å². The van der Waals surface area contributed by atoms with Crippen LogP contribution in [-0.4, -0.2) is 15.8 Å². The summed E-state index contributed by atoms with van der Waals surface area (Å²) in [4.78, 5) is 5.40. The van der Waals surface area contributed by atoms with Crippen molar-refractivity contribution in [3.8, 4) is 55.9 Å². The summed E-state index contributed by atoms with van der Waals surface area (Å²) in [5.74, 6) is 0. The first-order valence-corrected chi connectivity index (χ1v) is 35.3. The van der Waals surface area contributed by atoms with Crippen molar-refractivity contribution in [3.05, 3.63) is 307 Å². The summed E-state index contributed by atoms with van der Waals surface area (Å²) in [6, 6.07) is 109. The van der Waals surface area contributed by atoms with E-state index >= 15 is 0 Å². The fourth-order valence-electron chi connectivity index (χ4n) is 16.0. The fourth-order valence-corrected chi connectivity index (χ4v) is 16.0. The molecule has 2 aliphatic rings. The second kappa shape index (κ2) is 22.9. The number of hydrogen-bond donors (Lipinski definition) is 0. The Bertz CT molecular complexity index is 5640. The first-order chi connectivity index (χ1) is 47.7. The summed E-state index contributed by atoms with van der Waals surface area (Å²) in [6.07, 6.45) is 0. The lowest BCUT2D eigenvalue weighted by atomic mass is 9.33. The molecule has 4 nitrogen and oxygen atoms in total. The Morgan fingerprint density at radius 1 is 0.242 bits per heavy atom. The van der Waals surface area contributed by atoms with Crippen LogP contribution in [-0.2, 0) is 21.7 Å². The number of para-hydroxylation sites is 5. The number of hydrogen-bond acceptors (Lipinski definition) is 2. The maximum atomic E-state index is 2.71. The molecule has 99 heavy (non-hydrogen) atoms. The van der Waals surface area contributed by atoms with Crippen molar-refractivity contribution in [2.24, 2.45) is 0 Å². The highest BCUT2D eigenvalue weighted by Gasteiger charge is 2.46. The molecule has 2 aromatic heterocycles. The fraction of sp³-hybridized carbons (Fsp3) is 0.170. The SMILES string of the molecule is CC(C)(C)c1cc(-c2ccc3c(c2)N(c2ccc(C(C)(C)C)cc2-c2ccccc2)c2cc(C(C)(C)C)cc4c2B3c2cc(-c3ccccc3)ccc2N4c2c(-c3ccc4c5ccccc5n(-c5ccccc5)c4c3)cccc2-n2c3ccccc3c3ccccc32)cc(C(C)(C)C)c1. The Labute approximate surface area is 584 Å². The van der Waals surface area contributed by atoms with Crippen LogP contribution in [0.5, 0.6) is 0 Å². The van der Waals surface area contributed by atoms with Gasteiger partial charge in [0.15, 0.2) is 0 Å². The van der Waals surface area contributed by atoms with Crippen molar-refractivity contribution in [1.29, 1.82) is 0 Å². The Morgan fingerprint density at radius 2 is 0.737 bits per heavy atom. The second-order valence-corrected chi connectivity index (χ2v) is 31.8. The van der Waals surface area contributed by atoms with Gasteiger partial charge in [-0.3, -0.25) is 0 Å². The molecule has 0 spiro atoms. The van der Waals surface area contributed by atoms with Gasteiger partial charge in [0, 0.05) is 61.1 Å². The first kappa shape index (κ1) is 61.7. The van der Waals surface area contributed by atoms with Crippen molar-refractivity contribution in [3.63, 3.8) is 0 Å². The summed E-state index contributed by atoms with van der Waals surface area (Å²) in [6.45, 7) is 28.1. The summed E-state index contributed by atoms with van der Waals surface area (Å²) >= 11 is 0. The molecule has 4 heterocycles. The molecule has 0 unspecified atom stereocenters. The number of fused-ring (bicyclic) bond motifs is 10. The van der Waals surface area contributed by atoms with Gasteiger partial charge in [-0.25, -0.2) is 0 Å². The predicted molar refractivity (Wildman–Crippen MR) is 426 cm³/mol. The number of benzene rings is 13. The second-order valence-electron chi connectivity index (χ2n) is 31.8. The zero-order valence-corrected chi connectivity index (χ0v) is 59.0. The summed E-state index contributed by atoms with van der Waals surface area (Å²) in [7, 11) is 0. The molecule has 5 heteroatoms. The smallest absolute Gasteiger partial charge is 0.252 e. The molecule has 0 saturated heterocycles. The predicted octanol–water partition coefficient (Wildman–Crippen LogP) is 23.8. The number of aromatic nitrogens is 2. The molecule has 0 fully saturated rings. The van der Waals surface area contributed by atoms with Crippen molar-refractivity contribution >= 4 is 101 Å². The molecule has 15 aromatic rings. The van der Waals surface area contributed by atoms with Gasteiger partial charge in [-0.15, -0.1) is 0 Å². The molecule has 17 rings (SSSR count). The van der Waals surface area contributed by atoms with Crippen LogP contribution < -0.4 is 26.2 Å². The molecular weight excluding hydrogens is 1200 g/mol. The summed E-state index contributed by atoms with van der Waals surface area (Å²) in [5, 5.41) is 4.88. The molecular formula is C94H83BN4. The summed E-state index contributed by atoms with van der Waals surface area (Å²) < 4.78 is 5.01. The van der Waals surface area contributed by atoms with E-state index in [2.05, 4.69) is 387 Å². The van der Waals surface area contributed by atoms with Crippen LogP contribution in [0.4, 0.5) is 34.1 Å². The van der Waals surface area contributed by atoms with Crippen LogP contribution in [0.1, 0.15) is 105 Å². The zero-order chi connectivity index (χ0) is 68.0. The monoisotopic (exact) mass is 1280 g/mol. The van der Waals surface area contributed by atoms with Gasteiger partial charge in [-0.05, 0) is 173 Å². The van der Waals surface area contributed by atoms with Crippen molar-refractivity contribution < 1.29 is 0 Å². The van der Waals surface area contributed by atoms with Crippen LogP contribution in [0.25, 0.3) is 99.5 Å². The minimum absolute atomic E-state index is 0.0720. The number of nitrogens with zero attached hydrogens (tertiary/aromatic N) is 4. The largest absolute Gasteiger partial charge is 0.311 e. The van der Waals surface area contributed by atoms with Crippen LogP contribution in [0.2, 0.25) is 0 Å². The third-order valence-electron chi connectivity index (χ3n) is 21.3. The average Bonchev–Trinajstić information content (AvgIpc) is 1.18. The van der Waals surface area contributed by atoms with Crippen LogP contribution in [0.15, 0.2) is 285 Å². The van der Waals surface area contributed by atoms with E-state index in [9.17, 15) is 0 Å². The minimum atomic E-state index is -0.294. The number of anilines is 6. The lowest BCUT2D eigenvalue weighted by Gasteiger charge is -2.46. The molecule has 0 saturated carbocycles. The van der Waals surface area contributed by atoms with E-state index in [1.54, 1.807) is 0 Å². The van der Waals surface area contributed by atoms with Gasteiger partial charge < -0.3 is 18.9 Å². The molecule has 0 radical (unpaired) electrons. The average molecular weight is 1280 g/mol. The van der Waals surface area contributed by atoms with Gasteiger partial charge in [0.1, 0.15) is 0 Å². The lowest BCUT2D eigenvalue weighted by Crippen LogP contribution is -2.61. The van der Waals surface area contributed by atoms with E-state index in [0.717, 1.165) is 61.8 Å². The van der Waals surface area contributed by atoms with Crippen molar-refractivity contribution in [2.45, 2.75) is 105 Å². The maximum Gasteiger partial charge on any atom is 0.252 e. The highest BCUT2D eigenvalue weighted by Crippen LogP contribution is 2.54. The maximum absolute atomic E-state index is 2.71. The quantitative estimate of drug-likeness (QED) is 0.141. The van der Waals surface area contributed by atoms with Crippen molar-refractivity contribution in [2.75, 3.05) is 9.80 Å². The highest BCUT2D eigenvalue weighted by atomic mass is 15.2.